The minimum atomic E-state index is -2.43. The number of para-hydroxylation sites is 1. The average Bonchev–Trinajstić information content (AvgIpc) is 4.19. The molecule has 0 N–H and O–H groups in total. The summed E-state index contributed by atoms with van der Waals surface area (Å²) in [6.45, 7) is 44.5. The Hall–Kier alpha value is -1.83. The van der Waals surface area contributed by atoms with Crippen molar-refractivity contribution in [1.82, 2.24) is 0 Å². The van der Waals surface area contributed by atoms with Crippen LogP contribution in [0.25, 0.3) is 0 Å². The summed E-state index contributed by atoms with van der Waals surface area (Å²) >= 11 is -0.202. The Bertz CT molecular complexity index is 2070. The number of ether oxygens (including phenoxy) is 2. The molecule has 10 atom stereocenters. The van der Waals surface area contributed by atoms with Gasteiger partial charge in [-0.15, -0.1) is 0 Å². The van der Waals surface area contributed by atoms with Crippen LogP contribution in [0.4, 0.5) is 5.69 Å². The number of esters is 1. The van der Waals surface area contributed by atoms with E-state index in [1.165, 1.54) is 0 Å². The molecular weight excluding hydrogens is 1110 g/mol. The van der Waals surface area contributed by atoms with E-state index in [2.05, 4.69) is 117 Å². The molecule has 78 heavy (non-hydrogen) atoms. The van der Waals surface area contributed by atoms with Crippen LogP contribution in [0.15, 0.2) is 59.7 Å². The number of carbonyl (C=O) groups excluding carboxylic acids is 2. The molecule has 16 heteroatoms. The molecule has 3 rings (SSSR count). The van der Waals surface area contributed by atoms with E-state index in [-0.39, 0.29) is 72.6 Å². The van der Waals surface area contributed by atoms with Crippen molar-refractivity contribution in [3.63, 3.8) is 0 Å². The van der Waals surface area contributed by atoms with Crippen LogP contribution in [0, 0.1) is 22.0 Å². The molecular formula is C62H111NO10SeSi4. The SMILES string of the molecule is C=C1/C=C(\C)[C@](C)(O[Si](CC)(CC)CC)C[C@H](O[Si](CC)(CC)CC)CC(=O)[C@H](O[Si](CC)(CC)CC)[C@@H](O[Si](CC)(CC)CC)[C@H](C)C[C@H](C)OC(=O)/C(C)=C/CCC[C@H]([Se]c2ccccc2[N+](=O)[O-])[C@@H]2O[C@H]2C[C@H](C)C1. The van der Waals surface area contributed by atoms with E-state index >= 15 is 4.79 Å². The zero-order valence-corrected chi connectivity index (χ0v) is 58.2. The maximum atomic E-state index is 16.1. The molecule has 0 spiro atoms. The standard InChI is InChI=1S/C62H111NO10SeSi4/c1-20-75(21-2,22-3)70-52-44-54(64)59(72-77(26-7,27-8)28-9)58(71-76(23-4,24-5)25-6)49(16)43-51(18)68-61(65)48(15)36-32-34-39-57(74-56-38-35-33-37-53(56)63(66)67)60-55(69-60)42-47(14)40-46(13)41-50(17)62(19,45-52)73-78(29-10,30-11)31-12/h33,35-38,41,47,49,51-52,55,57-60H,13,20-32,34,39-40,42-45H2,1-12,14-19H3/b48-36+,50-41+/t47-,49-,51+,52-,55+,57+,58+,59+,60-,62-/m1/s1. The molecule has 0 aromatic heterocycles. The first-order valence-corrected chi connectivity index (χ1v) is 42.9. The van der Waals surface area contributed by atoms with Gasteiger partial charge in [0, 0.05) is 6.42 Å². The Labute approximate surface area is 486 Å². The van der Waals surface area contributed by atoms with Gasteiger partial charge in [0.1, 0.15) is 6.10 Å². The van der Waals surface area contributed by atoms with Crippen LogP contribution in [0.5, 0.6) is 0 Å². The first-order valence-electron chi connectivity index (χ1n) is 30.9. The van der Waals surface area contributed by atoms with Crippen molar-refractivity contribution in [1.29, 1.82) is 0 Å². The second kappa shape index (κ2) is 32.9. The predicted octanol–water partition coefficient (Wildman–Crippen LogP) is 16.8. The van der Waals surface area contributed by atoms with Crippen LogP contribution in [-0.2, 0) is 36.8 Å². The Morgan fingerprint density at radius 2 is 1.27 bits per heavy atom. The number of hydrogen-bond donors (Lipinski definition) is 0. The molecule has 0 saturated carbocycles. The molecule has 0 bridgehead atoms. The molecule has 1 fully saturated rings. The molecule has 2 heterocycles. The number of ketones is 1. The van der Waals surface area contributed by atoms with E-state index in [0.717, 1.165) is 114 Å². The van der Waals surface area contributed by atoms with Gasteiger partial charge in [-0.3, -0.25) is 4.79 Å². The number of rotatable bonds is 23. The number of benzene rings is 1. The Morgan fingerprint density at radius 3 is 1.81 bits per heavy atom. The second-order valence-corrected chi connectivity index (χ2v) is 45.4. The van der Waals surface area contributed by atoms with Crippen LogP contribution in [0.2, 0.25) is 77.3 Å². The molecule has 0 unspecified atom stereocenters. The summed E-state index contributed by atoms with van der Waals surface area (Å²) in [7, 11) is -9.37. The first-order chi connectivity index (χ1) is 36.9. The van der Waals surface area contributed by atoms with E-state index in [4.69, 9.17) is 33.8 Å². The maximum absolute atomic E-state index is 16.1. The van der Waals surface area contributed by atoms with E-state index in [1.54, 1.807) is 12.1 Å². The normalized spacial score (nSPS) is 28.9. The van der Waals surface area contributed by atoms with Gasteiger partial charge in [0.15, 0.2) is 30.7 Å². The molecule has 2 aliphatic rings. The van der Waals surface area contributed by atoms with Crippen molar-refractivity contribution in [2.45, 2.75) is 296 Å². The number of nitrogens with zero attached hydrogens (tertiary/aromatic N) is 1. The summed E-state index contributed by atoms with van der Waals surface area (Å²) in [5.41, 5.74) is 2.12. The number of nitro benzene ring substituents is 1. The predicted molar refractivity (Wildman–Crippen MR) is 336 cm³/mol. The van der Waals surface area contributed by atoms with Gasteiger partial charge in [-0.05, 0) is 72.5 Å². The van der Waals surface area contributed by atoms with Crippen molar-refractivity contribution in [3.8, 4) is 0 Å². The number of fused-ring (bicyclic) bond motifs is 1. The number of epoxide rings is 1. The van der Waals surface area contributed by atoms with Gasteiger partial charge in [-0.2, -0.15) is 0 Å². The third kappa shape index (κ3) is 19.6. The second-order valence-electron chi connectivity index (χ2n) is 23.8. The van der Waals surface area contributed by atoms with Crippen LogP contribution >= 0.6 is 0 Å². The molecule has 2 aliphatic heterocycles. The zero-order valence-electron chi connectivity index (χ0n) is 52.4. The van der Waals surface area contributed by atoms with Crippen molar-refractivity contribution < 1.29 is 41.7 Å². The fourth-order valence-corrected chi connectivity index (χ4v) is 27.0. The van der Waals surface area contributed by atoms with E-state index in [1.807, 2.05) is 32.1 Å². The van der Waals surface area contributed by atoms with Gasteiger partial charge < -0.3 is 13.3 Å². The summed E-state index contributed by atoms with van der Waals surface area (Å²) in [5.74, 6) is -0.216. The van der Waals surface area contributed by atoms with E-state index in [9.17, 15) is 14.9 Å². The van der Waals surface area contributed by atoms with Crippen molar-refractivity contribution in [2.75, 3.05) is 0 Å². The molecule has 0 aliphatic carbocycles. The minimum absolute atomic E-state index is 0.00751. The van der Waals surface area contributed by atoms with Gasteiger partial charge in [-0.25, -0.2) is 0 Å². The zero-order chi connectivity index (χ0) is 58.6. The molecule has 11 nitrogen and oxygen atoms in total. The number of allylic oxidation sites excluding steroid dienone is 3. The molecule has 1 aromatic rings. The topological polar surface area (TPSA) is 136 Å². The molecule has 0 radical (unpaired) electrons. The van der Waals surface area contributed by atoms with Gasteiger partial charge in [-0.1, -0.05) is 83.1 Å². The van der Waals surface area contributed by atoms with Crippen LogP contribution in [0.1, 0.15) is 176 Å². The molecule has 1 saturated heterocycles. The third-order valence-corrected chi connectivity index (χ3v) is 40.5. The summed E-state index contributed by atoms with van der Waals surface area (Å²) in [5, 5.41) is 12.2. The Kier molecular flexibility index (Phi) is 29.7. The quantitative estimate of drug-likeness (QED) is 0.0342. The molecule has 1 aromatic carbocycles. The van der Waals surface area contributed by atoms with E-state index in [0.29, 0.717) is 24.8 Å². The Morgan fingerprint density at radius 1 is 0.744 bits per heavy atom. The molecule has 0 amide bonds. The monoisotopic (exact) mass is 1220 g/mol. The van der Waals surface area contributed by atoms with Crippen molar-refractivity contribution in [2.24, 2.45) is 11.8 Å². The summed E-state index contributed by atoms with van der Waals surface area (Å²) < 4.78 is 44.3. The first kappa shape index (κ1) is 70.4. The summed E-state index contributed by atoms with van der Waals surface area (Å²) in [4.78, 5) is 42.1. The number of cyclic esters (lactones) is 1. The van der Waals surface area contributed by atoms with Crippen LogP contribution in [0.3, 0.4) is 0 Å². The van der Waals surface area contributed by atoms with Gasteiger partial charge in [0.05, 0.1) is 0 Å². The van der Waals surface area contributed by atoms with Crippen molar-refractivity contribution in [3.05, 3.63) is 69.8 Å². The number of nitro groups is 1. The Balaban J connectivity index is 2.35. The summed E-state index contributed by atoms with van der Waals surface area (Å²) in [6, 6.07) is 18.4. The molecule has 446 valence electrons. The average molecular weight is 1220 g/mol. The van der Waals surface area contributed by atoms with Crippen molar-refractivity contribution >= 4 is 70.1 Å². The van der Waals surface area contributed by atoms with Gasteiger partial charge >= 0.3 is 272 Å². The van der Waals surface area contributed by atoms with Crippen LogP contribution in [-0.4, -0.2) is 107 Å². The van der Waals surface area contributed by atoms with Gasteiger partial charge in [0.25, 0.3) is 0 Å². The number of hydrogen-bond acceptors (Lipinski definition) is 10. The van der Waals surface area contributed by atoms with E-state index < -0.39 is 63.3 Å². The third-order valence-electron chi connectivity index (χ3n) is 18.9. The fourth-order valence-electron chi connectivity index (χ4n) is 12.3. The van der Waals surface area contributed by atoms with Gasteiger partial charge in [0.2, 0.25) is 0 Å². The number of Topliss-reactive ketones (excluding diaryl/α,β-unsaturated/α-hetero) is 1. The van der Waals surface area contributed by atoms with Crippen LogP contribution < -0.4 is 4.46 Å². The number of carbonyl (C=O) groups is 2. The fraction of sp³-hybridized carbons (Fsp3) is 0.774. The summed E-state index contributed by atoms with van der Waals surface area (Å²) in [6.07, 6.45) is 7.22.